The molecule has 1 saturated carbocycles. The van der Waals surface area contributed by atoms with E-state index in [1.807, 2.05) is 6.92 Å². The summed E-state index contributed by atoms with van der Waals surface area (Å²) < 4.78 is 10.7. The van der Waals surface area contributed by atoms with Crippen LogP contribution in [0.4, 0.5) is 0 Å². The van der Waals surface area contributed by atoms with Crippen molar-refractivity contribution in [3.8, 4) is 0 Å². The van der Waals surface area contributed by atoms with Crippen LogP contribution >= 0.6 is 0 Å². The maximum Gasteiger partial charge on any atom is 0.245 e. The summed E-state index contributed by atoms with van der Waals surface area (Å²) in [5.41, 5.74) is 5.27. The molecule has 1 aliphatic carbocycles. The van der Waals surface area contributed by atoms with E-state index >= 15 is 0 Å². The van der Waals surface area contributed by atoms with E-state index in [1.54, 1.807) is 4.90 Å². The molecule has 7 heteroatoms. The van der Waals surface area contributed by atoms with Crippen LogP contribution in [0.2, 0.25) is 0 Å². The monoisotopic (exact) mass is 297 g/mol. The van der Waals surface area contributed by atoms with Crippen LogP contribution in [0.3, 0.4) is 0 Å². The van der Waals surface area contributed by atoms with Gasteiger partial charge in [-0.05, 0) is 19.8 Å². The third kappa shape index (κ3) is 2.77. The second-order valence-electron chi connectivity index (χ2n) is 6.41. The van der Waals surface area contributed by atoms with E-state index < -0.39 is 11.5 Å². The fourth-order valence-electron chi connectivity index (χ4n) is 2.83. The quantitative estimate of drug-likeness (QED) is 0.686. The Morgan fingerprint density at radius 1 is 1.29 bits per heavy atom. The van der Waals surface area contributed by atoms with Crippen LogP contribution in [0, 0.1) is 5.41 Å². The molecule has 3 fully saturated rings. The molecule has 3 atom stereocenters. The highest BCUT2D eigenvalue weighted by Gasteiger charge is 2.49. The van der Waals surface area contributed by atoms with E-state index in [0.29, 0.717) is 26.4 Å². The third-order valence-corrected chi connectivity index (χ3v) is 4.62. The van der Waals surface area contributed by atoms with E-state index in [-0.39, 0.29) is 30.5 Å². The van der Waals surface area contributed by atoms with Crippen LogP contribution in [0.25, 0.3) is 0 Å². The zero-order valence-electron chi connectivity index (χ0n) is 12.3. The molecule has 3 aliphatic rings. The number of amides is 2. The van der Waals surface area contributed by atoms with Crippen molar-refractivity contribution >= 4 is 11.8 Å². The van der Waals surface area contributed by atoms with Gasteiger partial charge in [-0.3, -0.25) is 9.59 Å². The second kappa shape index (κ2) is 5.55. The van der Waals surface area contributed by atoms with Gasteiger partial charge in [0.1, 0.15) is 6.04 Å². The minimum Gasteiger partial charge on any atom is -0.379 e. The van der Waals surface area contributed by atoms with Crippen molar-refractivity contribution < 1.29 is 19.1 Å². The number of morpholine rings is 1. The zero-order chi connectivity index (χ0) is 15.0. The van der Waals surface area contributed by atoms with Crippen molar-refractivity contribution in [2.75, 3.05) is 33.0 Å². The fourth-order valence-corrected chi connectivity index (χ4v) is 2.83. The Bertz CT molecular complexity index is 440. The van der Waals surface area contributed by atoms with Gasteiger partial charge in [-0.15, -0.1) is 0 Å². The summed E-state index contributed by atoms with van der Waals surface area (Å²) in [4.78, 5) is 26.8. The first kappa shape index (κ1) is 14.7. The Balaban J connectivity index is 1.73. The highest BCUT2D eigenvalue weighted by atomic mass is 16.5. The molecule has 3 rings (SSSR count). The van der Waals surface area contributed by atoms with Crippen LogP contribution in [0.15, 0.2) is 0 Å². The number of nitrogens with one attached hydrogen (secondary N) is 1. The molecule has 21 heavy (non-hydrogen) atoms. The van der Waals surface area contributed by atoms with Crippen LogP contribution in [0.5, 0.6) is 0 Å². The predicted molar refractivity (Wildman–Crippen MR) is 74.4 cm³/mol. The molecule has 0 bridgehead atoms. The Morgan fingerprint density at radius 2 is 2.05 bits per heavy atom. The molecule has 0 radical (unpaired) electrons. The molecular weight excluding hydrogens is 274 g/mol. The predicted octanol–water partition coefficient (Wildman–Crippen LogP) is -1.14. The lowest BCUT2D eigenvalue weighted by Crippen LogP contribution is -2.61. The Kier molecular flexibility index (Phi) is 3.90. The highest BCUT2D eigenvalue weighted by molar-refractivity contribution is 5.91. The highest BCUT2D eigenvalue weighted by Crippen LogP contribution is 2.31. The SMILES string of the molecule is CC1(C(=O)N2CCOCC2C(=O)NC2CC2)COCC1N. The Morgan fingerprint density at radius 3 is 2.67 bits per heavy atom. The lowest BCUT2D eigenvalue weighted by molar-refractivity contribution is -0.156. The summed E-state index contributed by atoms with van der Waals surface area (Å²) in [7, 11) is 0. The molecule has 118 valence electrons. The summed E-state index contributed by atoms with van der Waals surface area (Å²) in [6.45, 7) is 3.62. The molecule has 2 aliphatic heterocycles. The number of nitrogens with zero attached hydrogens (tertiary/aromatic N) is 1. The zero-order valence-corrected chi connectivity index (χ0v) is 12.3. The molecule has 0 aromatic heterocycles. The first-order valence-electron chi connectivity index (χ1n) is 7.55. The summed E-state index contributed by atoms with van der Waals surface area (Å²) in [5.74, 6) is -0.228. The number of ether oxygens (including phenoxy) is 2. The summed E-state index contributed by atoms with van der Waals surface area (Å²) >= 11 is 0. The first-order valence-corrected chi connectivity index (χ1v) is 7.55. The summed E-state index contributed by atoms with van der Waals surface area (Å²) in [6.07, 6.45) is 2.04. The lowest BCUT2D eigenvalue weighted by atomic mass is 9.83. The van der Waals surface area contributed by atoms with Crippen molar-refractivity contribution in [2.24, 2.45) is 11.1 Å². The number of nitrogens with two attached hydrogens (primary N) is 1. The Labute approximate surface area is 124 Å². The number of hydrogen-bond acceptors (Lipinski definition) is 5. The van der Waals surface area contributed by atoms with Gasteiger partial charge < -0.3 is 25.4 Å². The first-order chi connectivity index (χ1) is 10.0. The summed E-state index contributed by atoms with van der Waals surface area (Å²) in [6, 6.07) is -0.625. The maximum atomic E-state index is 12.9. The summed E-state index contributed by atoms with van der Waals surface area (Å²) in [5, 5.41) is 2.95. The standard InChI is InChI=1S/C14H23N3O4/c1-14(8-21-7-11(14)15)13(19)17-4-5-20-6-10(17)12(18)16-9-2-3-9/h9-11H,2-8,15H2,1H3,(H,16,18). The van der Waals surface area contributed by atoms with Gasteiger partial charge in [0.05, 0.1) is 31.8 Å². The molecule has 0 aromatic rings. The topological polar surface area (TPSA) is 93.9 Å². The van der Waals surface area contributed by atoms with Crippen LogP contribution in [-0.4, -0.2) is 67.8 Å². The van der Waals surface area contributed by atoms with E-state index in [2.05, 4.69) is 5.32 Å². The minimum absolute atomic E-state index is 0.105. The fraction of sp³-hybridized carbons (Fsp3) is 0.857. The Hall–Kier alpha value is -1.18. The molecule has 3 unspecified atom stereocenters. The second-order valence-corrected chi connectivity index (χ2v) is 6.41. The molecule has 2 amide bonds. The molecule has 0 aromatic carbocycles. The number of hydrogen-bond donors (Lipinski definition) is 2. The van der Waals surface area contributed by atoms with Gasteiger partial charge in [0.25, 0.3) is 0 Å². The largest absolute Gasteiger partial charge is 0.379 e. The van der Waals surface area contributed by atoms with Gasteiger partial charge in [-0.2, -0.15) is 0 Å². The van der Waals surface area contributed by atoms with Crippen molar-refractivity contribution in [3.63, 3.8) is 0 Å². The number of carbonyl (C=O) groups is 2. The van der Waals surface area contributed by atoms with Crippen molar-refractivity contribution in [3.05, 3.63) is 0 Å². The van der Waals surface area contributed by atoms with Gasteiger partial charge >= 0.3 is 0 Å². The van der Waals surface area contributed by atoms with Gasteiger partial charge in [0, 0.05) is 18.6 Å². The van der Waals surface area contributed by atoms with Crippen molar-refractivity contribution in [2.45, 2.75) is 37.9 Å². The molecule has 3 N–H and O–H groups in total. The number of rotatable bonds is 3. The lowest BCUT2D eigenvalue weighted by Gasteiger charge is -2.39. The van der Waals surface area contributed by atoms with Crippen molar-refractivity contribution in [1.82, 2.24) is 10.2 Å². The third-order valence-electron chi connectivity index (χ3n) is 4.62. The van der Waals surface area contributed by atoms with Gasteiger partial charge in [0.15, 0.2) is 0 Å². The van der Waals surface area contributed by atoms with Gasteiger partial charge in [0.2, 0.25) is 11.8 Å². The van der Waals surface area contributed by atoms with Crippen LogP contribution in [0.1, 0.15) is 19.8 Å². The van der Waals surface area contributed by atoms with E-state index in [0.717, 1.165) is 12.8 Å². The molecule has 2 heterocycles. The minimum atomic E-state index is -0.755. The maximum absolute atomic E-state index is 12.9. The van der Waals surface area contributed by atoms with Crippen molar-refractivity contribution in [1.29, 1.82) is 0 Å². The normalized spacial score (nSPS) is 36.6. The van der Waals surface area contributed by atoms with Crippen LogP contribution in [-0.2, 0) is 19.1 Å². The van der Waals surface area contributed by atoms with E-state index in [1.165, 1.54) is 0 Å². The average Bonchev–Trinajstić information content (AvgIpc) is 3.23. The molecular formula is C14H23N3O4. The van der Waals surface area contributed by atoms with Crippen LogP contribution < -0.4 is 11.1 Å². The van der Waals surface area contributed by atoms with E-state index in [4.69, 9.17) is 15.2 Å². The average molecular weight is 297 g/mol. The smallest absolute Gasteiger partial charge is 0.245 e. The van der Waals surface area contributed by atoms with Gasteiger partial charge in [-0.1, -0.05) is 0 Å². The number of carbonyl (C=O) groups excluding carboxylic acids is 2. The molecule has 2 saturated heterocycles. The molecule has 7 nitrogen and oxygen atoms in total. The van der Waals surface area contributed by atoms with Gasteiger partial charge in [-0.25, -0.2) is 0 Å². The van der Waals surface area contributed by atoms with E-state index in [9.17, 15) is 9.59 Å². The molecule has 0 spiro atoms.